The highest BCUT2D eigenvalue weighted by Gasteiger charge is 2.25. The van der Waals surface area contributed by atoms with E-state index in [0.717, 1.165) is 16.7 Å². The molecule has 19 heavy (non-hydrogen) atoms. The molecule has 0 atom stereocenters. The number of nitrogens with two attached hydrogens (primary N) is 1. The number of fused-ring (bicyclic) bond motifs is 1. The first-order valence-corrected chi connectivity index (χ1v) is 6.18. The lowest BCUT2D eigenvalue weighted by atomic mass is 10.1. The summed E-state index contributed by atoms with van der Waals surface area (Å²) in [6, 6.07) is 5.74. The Morgan fingerprint density at radius 2 is 2.16 bits per heavy atom. The molecule has 0 fully saturated rings. The van der Waals surface area contributed by atoms with Gasteiger partial charge in [-0.25, -0.2) is 4.98 Å². The van der Waals surface area contributed by atoms with Crippen molar-refractivity contribution in [2.24, 2.45) is 5.73 Å². The van der Waals surface area contributed by atoms with Crippen molar-refractivity contribution < 1.29 is 9.21 Å². The Balaban J connectivity index is 2.19. The Hall–Kier alpha value is -1.88. The van der Waals surface area contributed by atoms with Gasteiger partial charge in [0, 0.05) is 20.5 Å². The Kier molecular flexibility index (Phi) is 3.32. The Morgan fingerprint density at radius 1 is 1.47 bits per heavy atom. The number of nitrogens with zero attached hydrogens (tertiary/aromatic N) is 2. The third kappa shape index (κ3) is 2.93. The molecule has 1 heterocycles. The van der Waals surface area contributed by atoms with Gasteiger partial charge in [-0.2, -0.15) is 0 Å². The van der Waals surface area contributed by atoms with Crippen LogP contribution in [0, 0.1) is 6.92 Å². The number of aryl methyl sites for hydroxylation is 1. The van der Waals surface area contributed by atoms with Crippen molar-refractivity contribution in [2.75, 3.05) is 7.05 Å². The number of aromatic nitrogens is 1. The second-order valence-corrected chi connectivity index (χ2v) is 5.42. The maximum Gasteiger partial charge on any atom is 0.242 e. The average Bonchev–Trinajstić information content (AvgIpc) is 2.66. The van der Waals surface area contributed by atoms with Gasteiger partial charge in [0.1, 0.15) is 5.52 Å². The summed E-state index contributed by atoms with van der Waals surface area (Å²) in [6.07, 6.45) is 0. The van der Waals surface area contributed by atoms with Crippen LogP contribution in [0.15, 0.2) is 22.6 Å². The highest BCUT2D eigenvalue weighted by atomic mass is 16.3. The highest BCUT2D eigenvalue weighted by Crippen LogP contribution is 2.18. The van der Waals surface area contributed by atoms with E-state index in [1.54, 1.807) is 25.8 Å². The molecule has 1 amide bonds. The van der Waals surface area contributed by atoms with Crippen LogP contribution in [0.5, 0.6) is 0 Å². The van der Waals surface area contributed by atoms with Crippen molar-refractivity contribution in [1.82, 2.24) is 9.88 Å². The van der Waals surface area contributed by atoms with Crippen LogP contribution in [0.25, 0.3) is 11.1 Å². The number of hydrogen-bond acceptors (Lipinski definition) is 4. The first kappa shape index (κ1) is 13.5. The molecule has 5 heteroatoms. The van der Waals surface area contributed by atoms with Gasteiger partial charge < -0.3 is 15.1 Å². The summed E-state index contributed by atoms with van der Waals surface area (Å²) in [7, 11) is 1.74. The van der Waals surface area contributed by atoms with E-state index in [9.17, 15) is 4.79 Å². The minimum Gasteiger partial charge on any atom is -0.441 e. The fourth-order valence-electron chi connectivity index (χ4n) is 2.02. The predicted molar refractivity (Wildman–Crippen MR) is 73.5 cm³/mol. The molecule has 2 aromatic rings. The normalized spacial score (nSPS) is 11.8. The van der Waals surface area contributed by atoms with E-state index >= 15 is 0 Å². The lowest BCUT2D eigenvalue weighted by molar-refractivity contribution is -0.134. The van der Waals surface area contributed by atoms with Gasteiger partial charge in [0.05, 0.1) is 5.54 Å². The molecule has 0 unspecified atom stereocenters. The highest BCUT2D eigenvalue weighted by molar-refractivity contribution is 5.85. The van der Waals surface area contributed by atoms with E-state index < -0.39 is 5.54 Å². The smallest absolute Gasteiger partial charge is 0.242 e. The molecule has 0 spiro atoms. The minimum atomic E-state index is -0.859. The predicted octanol–water partition coefficient (Wildman–Crippen LogP) is 1.83. The third-order valence-electron chi connectivity index (χ3n) is 2.88. The van der Waals surface area contributed by atoms with Crippen molar-refractivity contribution in [3.8, 4) is 0 Å². The van der Waals surface area contributed by atoms with Gasteiger partial charge in [0.2, 0.25) is 5.91 Å². The maximum absolute atomic E-state index is 12.0. The number of benzene rings is 1. The van der Waals surface area contributed by atoms with E-state index in [4.69, 9.17) is 10.2 Å². The van der Waals surface area contributed by atoms with E-state index in [1.165, 1.54) is 0 Å². The molecule has 0 aliphatic rings. The second kappa shape index (κ2) is 4.66. The Bertz CT molecular complexity index is 611. The van der Waals surface area contributed by atoms with Crippen molar-refractivity contribution in [2.45, 2.75) is 32.9 Å². The van der Waals surface area contributed by atoms with Gasteiger partial charge in [0.15, 0.2) is 11.5 Å². The van der Waals surface area contributed by atoms with Gasteiger partial charge in [0.25, 0.3) is 0 Å². The lowest BCUT2D eigenvalue weighted by Gasteiger charge is -2.25. The second-order valence-electron chi connectivity index (χ2n) is 5.42. The number of oxazole rings is 1. The fraction of sp³-hybridized carbons (Fsp3) is 0.429. The molecule has 2 N–H and O–H groups in total. The van der Waals surface area contributed by atoms with Gasteiger partial charge in [-0.15, -0.1) is 0 Å². The zero-order valence-electron chi connectivity index (χ0n) is 11.7. The molecule has 2 rings (SSSR count). The topological polar surface area (TPSA) is 72.4 Å². The molecular formula is C14H19N3O2. The first-order valence-electron chi connectivity index (χ1n) is 6.18. The minimum absolute atomic E-state index is 0.0960. The summed E-state index contributed by atoms with van der Waals surface area (Å²) < 4.78 is 5.48. The SMILES string of the molecule is Cc1nc2ccc(CN(C)C(=O)C(C)(C)N)cc2o1. The molecule has 0 bridgehead atoms. The number of hydrogen-bond donors (Lipinski definition) is 1. The van der Waals surface area contributed by atoms with Crippen molar-refractivity contribution >= 4 is 17.0 Å². The average molecular weight is 261 g/mol. The van der Waals surface area contributed by atoms with Gasteiger partial charge >= 0.3 is 0 Å². The van der Waals surface area contributed by atoms with E-state index in [-0.39, 0.29) is 5.91 Å². The zero-order valence-corrected chi connectivity index (χ0v) is 11.7. The molecule has 5 nitrogen and oxygen atoms in total. The molecular weight excluding hydrogens is 242 g/mol. The van der Waals surface area contributed by atoms with Crippen molar-refractivity contribution in [1.29, 1.82) is 0 Å². The molecule has 0 saturated heterocycles. The zero-order chi connectivity index (χ0) is 14.2. The number of likely N-dealkylation sites (N-methyl/N-ethyl adjacent to an activating group) is 1. The summed E-state index contributed by atoms with van der Waals surface area (Å²) in [5.74, 6) is 0.543. The summed E-state index contributed by atoms with van der Waals surface area (Å²) in [5, 5.41) is 0. The number of amides is 1. The third-order valence-corrected chi connectivity index (χ3v) is 2.88. The first-order chi connectivity index (χ1) is 8.77. The standard InChI is InChI=1S/C14H19N3O2/c1-9-16-11-6-5-10(7-12(11)19-9)8-17(4)13(18)14(2,3)15/h5-7H,8,15H2,1-4H3. The summed E-state index contributed by atoms with van der Waals surface area (Å²) in [6.45, 7) is 5.71. The van der Waals surface area contributed by atoms with Crippen LogP contribution < -0.4 is 5.73 Å². The maximum atomic E-state index is 12.0. The Morgan fingerprint density at radius 3 is 2.79 bits per heavy atom. The fourth-order valence-corrected chi connectivity index (χ4v) is 2.02. The van der Waals surface area contributed by atoms with Gasteiger partial charge in [-0.3, -0.25) is 4.79 Å². The van der Waals surface area contributed by atoms with Crippen LogP contribution in [-0.4, -0.2) is 28.4 Å². The van der Waals surface area contributed by atoms with E-state index in [2.05, 4.69) is 4.98 Å². The molecule has 1 aromatic carbocycles. The van der Waals surface area contributed by atoms with Crippen LogP contribution in [0.3, 0.4) is 0 Å². The van der Waals surface area contributed by atoms with Crippen molar-refractivity contribution in [3.05, 3.63) is 29.7 Å². The van der Waals surface area contributed by atoms with Crippen LogP contribution in [0.4, 0.5) is 0 Å². The number of carbonyl (C=O) groups is 1. The summed E-state index contributed by atoms with van der Waals surface area (Å²) in [5.41, 5.74) is 7.50. The van der Waals surface area contributed by atoms with Gasteiger partial charge in [-0.05, 0) is 31.5 Å². The summed E-state index contributed by atoms with van der Waals surface area (Å²) >= 11 is 0. The van der Waals surface area contributed by atoms with Crippen LogP contribution in [0.1, 0.15) is 25.3 Å². The number of carbonyl (C=O) groups excluding carboxylic acids is 1. The molecule has 102 valence electrons. The van der Waals surface area contributed by atoms with E-state index in [0.29, 0.717) is 12.4 Å². The largest absolute Gasteiger partial charge is 0.441 e. The van der Waals surface area contributed by atoms with Crippen molar-refractivity contribution in [3.63, 3.8) is 0 Å². The summed E-state index contributed by atoms with van der Waals surface area (Å²) in [4.78, 5) is 17.9. The molecule has 0 aliphatic heterocycles. The van der Waals surface area contributed by atoms with Crippen LogP contribution >= 0.6 is 0 Å². The Labute approximate surface area is 112 Å². The van der Waals surface area contributed by atoms with Gasteiger partial charge in [-0.1, -0.05) is 6.07 Å². The number of rotatable bonds is 3. The lowest BCUT2D eigenvalue weighted by Crippen LogP contribution is -2.49. The molecule has 0 saturated carbocycles. The molecule has 1 aromatic heterocycles. The van der Waals surface area contributed by atoms with Crippen LogP contribution in [-0.2, 0) is 11.3 Å². The molecule has 0 aliphatic carbocycles. The molecule has 0 radical (unpaired) electrons. The van der Waals surface area contributed by atoms with Crippen LogP contribution in [0.2, 0.25) is 0 Å². The monoisotopic (exact) mass is 261 g/mol. The quantitative estimate of drug-likeness (QED) is 0.915. The van der Waals surface area contributed by atoms with E-state index in [1.807, 2.05) is 25.1 Å².